The number of pyridine rings is 1. The lowest BCUT2D eigenvalue weighted by molar-refractivity contribution is 0.00537. The summed E-state index contributed by atoms with van der Waals surface area (Å²) in [5.74, 6) is 1.92. The predicted molar refractivity (Wildman–Crippen MR) is 200 cm³/mol. The van der Waals surface area contributed by atoms with Crippen molar-refractivity contribution in [3.63, 3.8) is 0 Å². The Kier molecular flexibility index (Phi) is 8.85. The lowest BCUT2D eigenvalue weighted by Gasteiger charge is -2.46. The van der Waals surface area contributed by atoms with Gasteiger partial charge in [0.05, 0.1) is 23.7 Å². The second kappa shape index (κ2) is 13.6. The van der Waals surface area contributed by atoms with E-state index >= 15 is 8.78 Å². The molecule has 9 rings (SSSR count). The Bertz CT molecular complexity index is 2240. The average molecular weight is 755 g/mol. The van der Waals surface area contributed by atoms with Gasteiger partial charge in [0.1, 0.15) is 52.8 Å². The van der Waals surface area contributed by atoms with E-state index in [2.05, 4.69) is 15.7 Å². The van der Waals surface area contributed by atoms with Gasteiger partial charge in [-0.05, 0) is 89.4 Å². The quantitative estimate of drug-likeness (QED) is 0.154. The number of halogens is 2. The van der Waals surface area contributed by atoms with E-state index in [0.29, 0.717) is 41.5 Å². The number of carbonyl (C=O) groups excluding carboxylic acids is 1. The van der Waals surface area contributed by atoms with Gasteiger partial charge in [0, 0.05) is 36.7 Å². The number of terminal acetylenes is 1. The van der Waals surface area contributed by atoms with Gasteiger partial charge in [-0.3, -0.25) is 9.80 Å². The molecule has 0 spiro atoms. The standard InChI is InChI=1S/C41H44F2N6O6/c1-6-27-29(42)13-9-22-16-26(54-21-51-5)17-28(32(22)27)35-34(43)36-33-37(46-39(45-36)53-19-25-11-10-23-8-7-15-47(23)25)48-18-24-12-14-30(31(48)20-52-38(33)44-35)49(24)40(50)55-41(2,3)4/h1,9,13,16-17,23-25,30-31H,7-8,10-12,14-15,18-21H2,2-5H3/t23?,24-,25?,30+,31-/m1/s1. The minimum absolute atomic E-state index is 0.0344. The monoisotopic (exact) mass is 754 g/mol. The average Bonchev–Trinajstić information content (AvgIpc) is 3.84. The SMILES string of the molecule is C#Cc1c(F)ccc2cc(OCOC)cc(-c3nc4c5c(nc(OCC6CCC7CCCN76)nc5c3F)N3C[C@H]5CC[C@@H]([C@H]3CO4)N5C(=O)OC(C)(C)C)c12. The number of aromatic nitrogens is 3. The van der Waals surface area contributed by atoms with E-state index in [0.717, 1.165) is 38.6 Å². The minimum Gasteiger partial charge on any atom is -0.475 e. The summed E-state index contributed by atoms with van der Waals surface area (Å²) in [5, 5.41) is 1.10. The Morgan fingerprint density at radius 3 is 2.65 bits per heavy atom. The molecule has 5 aliphatic rings. The maximum absolute atomic E-state index is 17.5. The normalized spacial score (nSPS) is 24.3. The van der Waals surface area contributed by atoms with Crippen molar-refractivity contribution >= 4 is 33.6 Å². The number of carbonyl (C=O) groups is 1. The van der Waals surface area contributed by atoms with Crippen molar-refractivity contribution in [3.8, 4) is 41.2 Å². The molecule has 2 bridgehead atoms. The van der Waals surface area contributed by atoms with Gasteiger partial charge in [0.15, 0.2) is 12.6 Å². The third kappa shape index (κ3) is 6.12. The first-order valence-corrected chi connectivity index (χ1v) is 19.1. The molecule has 1 amide bonds. The van der Waals surface area contributed by atoms with Crippen molar-refractivity contribution in [3.05, 3.63) is 41.5 Å². The number of piperazine rings is 1. The number of nitrogens with zero attached hydrogens (tertiary/aromatic N) is 6. The molecule has 7 heterocycles. The van der Waals surface area contributed by atoms with Gasteiger partial charge in [-0.25, -0.2) is 18.6 Å². The van der Waals surface area contributed by atoms with Crippen molar-refractivity contribution in [1.29, 1.82) is 0 Å². The van der Waals surface area contributed by atoms with Crippen LogP contribution in [0.25, 0.3) is 32.9 Å². The van der Waals surface area contributed by atoms with Gasteiger partial charge < -0.3 is 28.6 Å². The first-order valence-electron chi connectivity index (χ1n) is 19.1. The summed E-state index contributed by atoms with van der Waals surface area (Å²) in [7, 11) is 1.49. The summed E-state index contributed by atoms with van der Waals surface area (Å²) in [6, 6.07) is 6.12. The number of hydrogen-bond acceptors (Lipinski definition) is 11. The molecule has 12 nitrogen and oxygen atoms in total. The fourth-order valence-corrected chi connectivity index (χ4v) is 9.41. The Labute approximate surface area is 318 Å². The molecule has 4 fully saturated rings. The third-order valence-corrected chi connectivity index (χ3v) is 11.7. The highest BCUT2D eigenvalue weighted by Gasteiger charge is 2.52. The molecule has 0 aliphatic carbocycles. The summed E-state index contributed by atoms with van der Waals surface area (Å²) in [4.78, 5) is 34.5. The zero-order valence-electron chi connectivity index (χ0n) is 31.4. The molecule has 2 unspecified atom stereocenters. The lowest BCUT2D eigenvalue weighted by atomic mass is 9.95. The number of anilines is 1. The van der Waals surface area contributed by atoms with E-state index in [1.807, 2.05) is 25.7 Å². The van der Waals surface area contributed by atoms with Crippen molar-refractivity contribution in [2.45, 2.75) is 95.1 Å². The minimum atomic E-state index is -0.775. The fraction of sp³-hybridized carbons (Fsp3) is 0.512. The Morgan fingerprint density at radius 1 is 1.02 bits per heavy atom. The summed E-state index contributed by atoms with van der Waals surface area (Å²) in [6.07, 6.45) is 11.5. The van der Waals surface area contributed by atoms with Gasteiger partial charge in [-0.15, -0.1) is 6.42 Å². The van der Waals surface area contributed by atoms with E-state index in [1.165, 1.54) is 19.6 Å². The number of methoxy groups -OCH3 is 1. The Morgan fingerprint density at radius 2 is 1.85 bits per heavy atom. The maximum atomic E-state index is 17.5. The zero-order chi connectivity index (χ0) is 38.2. The molecule has 4 aromatic rings. The molecule has 14 heteroatoms. The Balaban J connectivity index is 1.20. The Hall–Kier alpha value is -5.00. The molecule has 55 heavy (non-hydrogen) atoms. The maximum Gasteiger partial charge on any atom is 0.410 e. The number of amides is 1. The molecule has 0 radical (unpaired) electrons. The summed E-state index contributed by atoms with van der Waals surface area (Å²) < 4.78 is 62.5. The summed E-state index contributed by atoms with van der Waals surface area (Å²) in [6.45, 7) is 7.41. The van der Waals surface area contributed by atoms with Gasteiger partial charge in [-0.2, -0.15) is 9.97 Å². The zero-order valence-corrected chi connectivity index (χ0v) is 31.4. The van der Waals surface area contributed by atoms with Gasteiger partial charge in [-0.1, -0.05) is 12.0 Å². The van der Waals surface area contributed by atoms with Gasteiger partial charge >= 0.3 is 12.1 Å². The van der Waals surface area contributed by atoms with Crippen molar-refractivity contribution in [1.82, 2.24) is 24.8 Å². The van der Waals surface area contributed by atoms with Crippen LogP contribution in [0.4, 0.5) is 19.4 Å². The van der Waals surface area contributed by atoms with E-state index in [1.54, 1.807) is 18.2 Å². The van der Waals surface area contributed by atoms with Crippen LogP contribution < -0.4 is 19.1 Å². The lowest BCUT2D eigenvalue weighted by Crippen LogP contribution is -2.63. The fourth-order valence-electron chi connectivity index (χ4n) is 9.41. The molecular weight excluding hydrogens is 710 g/mol. The van der Waals surface area contributed by atoms with E-state index in [4.69, 9.17) is 45.1 Å². The van der Waals surface area contributed by atoms with Crippen LogP contribution in [0, 0.1) is 24.0 Å². The number of fused-ring (bicyclic) bond motifs is 7. The highest BCUT2D eigenvalue weighted by atomic mass is 19.1. The van der Waals surface area contributed by atoms with Crippen LogP contribution >= 0.6 is 0 Å². The van der Waals surface area contributed by atoms with Crippen LogP contribution in [-0.2, 0) is 9.47 Å². The van der Waals surface area contributed by atoms with Crippen LogP contribution in [0.5, 0.6) is 17.6 Å². The predicted octanol–water partition coefficient (Wildman–Crippen LogP) is 6.44. The second-order valence-electron chi connectivity index (χ2n) is 16.1. The topological polar surface area (TPSA) is 112 Å². The highest BCUT2D eigenvalue weighted by Crippen LogP contribution is 2.46. The van der Waals surface area contributed by atoms with E-state index in [-0.39, 0.29) is 83.3 Å². The molecule has 4 saturated heterocycles. The summed E-state index contributed by atoms with van der Waals surface area (Å²) in [5.41, 5.74) is -0.720. The first-order chi connectivity index (χ1) is 26.5. The summed E-state index contributed by atoms with van der Waals surface area (Å²) >= 11 is 0. The molecule has 2 aromatic carbocycles. The van der Waals surface area contributed by atoms with Crippen LogP contribution in [0.15, 0.2) is 24.3 Å². The smallest absolute Gasteiger partial charge is 0.410 e. The first kappa shape index (κ1) is 35.7. The van der Waals surface area contributed by atoms with Crippen LogP contribution in [0.1, 0.15) is 64.9 Å². The van der Waals surface area contributed by atoms with Gasteiger partial charge in [0.25, 0.3) is 0 Å². The number of hydrogen-bond donors (Lipinski definition) is 0. The second-order valence-corrected chi connectivity index (χ2v) is 16.1. The number of benzene rings is 2. The highest BCUT2D eigenvalue weighted by molar-refractivity contribution is 6.04. The van der Waals surface area contributed by atoms with Crippen molar-refractivity contribution < 1.29 is 37.3 Å². The van der Waals surface area contributed by atoms with E-state index < -0.39 is 17.2 Å². The number of ether oxygens (including phenoxy) is 5. The van der Waals surface area contributed by atoms with E-state index in [9.17, 15) is 4.79 Å². The largest absolute Gasteiger partial charge is 0.475 e. The number of rotatable bonds is 7. The molecule has 0 saturated carbocycles. The van der Waals surface area contributed by atoms with Crippen molar-refractivity contribution in [2.75, 3.05) is 45.1 Å². The third-order valence-electron chi connectivity index (χ3n) is 11.7. The molecule has 288 valence electrons. The molecule has 5 aliphatic heterocycles. The molecule has 5 atom stereocenters. The molecule has 2 aromatic heterocycles. The van der Waals surface area contributed by atoms with Gasteiger partial charge in [0.2, 0.25) is 5.88 Å². The molecular formula is C41H44F2N6O6. The molecule has 0 N–H and O–H groups in total. The van der Waals surface area contributed by atoms with Crippen LogP contribution in [0.3, 0.4) is 0 Å². The van der Waals surface area contributed by atoms with Crippen molar-refractivity contribution in [2.24, 2.45) is 0 Å². The van der Waals surface area contributed by atoms with Crippen LogP contribution in [-0.4, -0.2) is 107 Å². The van der Waals surface area contributed by atoms with Crippen LogP contribution in [0.2, 0.25) is 0 Å².